The lowest BCUT2D eigenvalue weighted by atomic mass is 9.98. The fraction of sp³-hybridized carbons (Fsp3) is 0.250. The molecule has 200 valence electrons. The van der Waals surface area contributed by atoms with Crippen LogP contribution in [0.5, 0.6) is 5.75 Å². The van der Waals surface area contributed by atoms with Crippen molar-refractivity contribution < 1.29 is 19.1 Å². The van der Waals surface area contributed by atoms with Gasteiger partial charge in [-0.05, 0) is 52.9 Å². The van der Waals surface area contributed by atoms with Gasteiger partial charge in [-0.15, -0.1) is 24.7 Å². The summed E-state index contributed by atoms with van der Waals surface area (Å²) in [5.74, 6) is 4.42. The van der Waals surface area contributed by atoms with Crippen molar-refractivity contribution in [3.8, 4) is 30.4 Å². The lowest BCUT2D eigenvalue weighted by Gasteiger charge is -2.15. The third-order valence-corrected chi connectivity index (χ3v) is 6.78. The zero-order chi connectivity index (χ0) is 28.2. The number of halogens is 2. The standard InChI is InChI=1S/C32H29Cl2NO4/c1-3-8-23(9-4-2)21-38-32(37)30(35)18-22-14-16-26(17-15-22)39-31(36)20-25-11-6-5-10-24(25)19-27-28(33)12-7-13-29(27)34/h1-2,5-7,10-17,23,30H,8-9,18-21,35H2/t30-/m0/s1. The van der Waals surface area contributed by atoms with Crippen LogP contribution in [0.2, 0.25) is 10.0 Å². The Kier molecular flexibility index (Phi) is 11.5. The van der Waals surface area contributed by atoms with Gasteiger partial charge in [0.15, 0.2) is 0 Å². The minimum absolute atomic E-state index is 0.0804. The summed E-state index contributed by atoms with van der Waals surface area (Å²) in [5, 5.41) is 1.15. The summed E-state index contributed by atoms with van der Waals surface area (Å²) in [7, 11) is 0. The molecule has 0 saturated heterocycles. The highest BCUT2D eigenvalue weighted by molar-refractivity contribution is 6.36. The number of esters is 2. The molecule has 0 aliphatic carbocycles. The second-order valence-corrected chi connectivity index (χ2v) is 9.88. The molecule has 3 aromatic carbocycles. The van der Waals surface area contributed by atoms with Crippen molar-refractivity contribution in [2.75, 3.05) is 6.61 Å². The van der Waals surface area contributed by atoms with Gasteiger partial charge in [-0.25, -0.2) is 0 Å². The molecule has 1 atom stereocenters. The SMILES string of the molecule is C#CCC(CC#C)COC(=O)[C@@H](N)Cc1ccc(OC(=O)Cc2ccccc2Cc2c(Cl)cccc2Cl)cc1. The van der Waals surface area contributed by atoms with E-state index in [0.29, 0.717) is 35.1 Å². The number of rotatable bonds is 12. The molecule has 0 bridgehead atoms. The predicted octanol–water partition coefficient (Wildman–Crippen LogP) is 5.81. The van der Waals surface area contributed by atoms with Gasteiger partial charge in [-0.1, -0.05) is 65.7 Å². The van der Waals surface area contributed by atoms with Crippen molar-refractivity contribution in [1.29, 1.82) is 0 Å². The largest absolute Gasteiger partial charge is 0.464 e. The Morgan fingerprint density at radius 2 is 1.49 bits per heavy atom. The van der Waals surface area contributed by atoms with Gasteiger partial charge < -0.3 is 15.2 Å². The maximum Gasteiger partial charge on any atom is 0.323 e. The van der Waals surface area contributed by atoms with Gasteiger partial charge in [0, 0.05) is 35.2 Å². The maximum atomic E-state index is 12.7. The molecule has 3 rings (SSSR count). The van der Waals surface area contributed by atoms with Gasteiger partial charge >= 0.3 is 11.9 Å². The third kappa shape index (κ3) is 9.20. The van der Waals surface area contributed by atoms with Gasteiger partial charge in [0.25, 0.3) is 0 Å². The van der Waals surface area contributed by atoms with Crippen LogP contribution < -0.4 is 10.5 Å². The lowest BCUT2D eigenvalue weighted by Crippen LogP contribution is -2.35. The Bertz CT molecular complexity index is 1340. The minimum Gasteiger partial charge on any atom is -0.464 e. The summed E-state index contributed by atoms with van der Waals surface area (Å²) in [6, 6.07) is 18.9. The molecule has 39 heavy (non-hydrogen) atoms. The summed E-state index contributed by atoms with van der Waals surface area (Å²) in [5.41, 5.74) is 9.38. The third-order valence-electron chi connectivity index (χ3n) is 6.07. The highest BCUT2D eigenvalue weighted by Crippen LogP contribution is 2.28. The van der Waals surface area contributed by atoms with Gasteiger partial charge in [0.2, 0.25) is 0 Å². The molecule has 2 N–H and O–H groups in total. The number of carbonyl (C=O) groups is 2. The monoisotopic (exact) mass is 561 g/mol. The van der Waals surface area contributed by atoms with E-state index in [1.165, 1.54) is 0 Å². The smallest absolute Gasteiger partial charge is 0.323 e. The van der Waals surface area contributed by atoms with Crippen LogP contribution in [0.1, 0.15) is 35.1 Å². The van der Waals surface area contributed by atoms with Crippen LogP contribution in [0.3, 0.4) is 0 Å². The van der Waals surface area contributed by atoms with Crippen LogP contribution in [0.25, 0.3) is 0 Å². The first kappa shape index (κ1) is 29.8. The van der Waals surface area contributed by atoms with Gasteiger partial charge in [-0.3, -0.25) is 9.59 Å². The molecule has 0 fully saturated rings. The first-order valence-corrected chi connectivity index (χ1v) is 13.1. The van der Waals surface area contributed by atoms with Crippen molar-refractivity contribution in [2.45, 2.75) is 38.1 Å². The molecular weight excluding hydrogens is 533 g/mol. The molecule has 0 saturated carbocycles. The van der Waals surface area contributed by atoms with E-state index in [9.17, 15) is 9.59 Å². The van der Waals surface area contributed by atoms with E-state index in [0.717, 1.165) is 22.3 Å². The molecule has 5 nitrogen and oxygen atoms in total. The average molecular weight is 562 g/mol. The second kappa shape index (κ2) is 15.0. The summed E-state index contributed by atoms with van der Waals surface area (Å²) < 4.78 is 10.8. The summed E-state index contributed by atoms with van der Waals surface area (Å²) in [6.07, 6.45) is 12.3. The van der Waals surface area contributed by atoms with Gasteiger partial charge in [-0.2, -0.15) is 0 Å². The predicted molar refractivity (Wildman–Crippen MR) is 155 cm³/mol. The molecular formula is C32H29Cl2NO4. The molecule has 0 aromatic heterocycles. The van der Waals surface area contributed by atoms with E-state index in [4.69, 9.17) is 51.3 Å². The molecule has 3 aromatic rings. The Hall–Kier alpha value is -3.74. The molecule has 0 amide bonds. The first-order chi connectivity index (χ1) is 18.8. The highest BCUT2D eigenvalue weighted by Gasteiger charge is 2.18. The topological polar surface area (TPSA) is 78.6 Å². The molecule has 0 heterocycles. The highest BCUT2D eigenvalue weighted by atomic mass is 35.5. The zero-order valence-electron chi connectivity index (χ0n) is 21.4. The quantitative estimate of drug-likeness (QED) is 0.171. The van der Waals surface area contributed by atoms with E-state index in [1.807, 2.05) is 24.3 Å². The molecule has 0 spiro atoms. The van der Waals surface area contributed by atoms with E-state index < -0.39 is 18.0 Å². The number of terminal acetylenes is 2. The van der Waals surface area contributed by atoms with Crippen molar-refractivity contribution in [3.63, 3.8) is 0 Å². The van der Waals surface area contributed by atoms with Crippen LogP contribution in [0, 0.1) is 30.6 Å². The molecule has 0 unspecified atom stereocenters. The molecule has 0 aliphatic heterocycles. The number of nitrogens with two attached hydrogens (primary N) is 1. The fourth-order valence-corrected chi connectivity index (χ4v) is 4.51. The summed E-state index contributed by atoms with van der Waals surface area (Å²) in [4.78, 5) is 25.0. The Morgan fingerprint density at radius 3 is 2.10 bits per heavy atom. The molecule has 7 heteroatoms. The van der Waals surface area contributed by atoms with Crippen molar-refractivity contribution in [1.82, 2.24) is 0 Å². The number of hydrogen-bond donors (Lipinski definition) is 1. The van der Waals surface area contributed by atoms with Crippen LogP contribution >= 0.6 is 23.2 Å². The van der Waals surface area contributed by atoms with E-state index in [-0.39, 0.29) is 25.4 Å². The number of carbonyl (C=O) groups excluding carboxylic acids is 2. The van der Waals surface area contributed by atoms with Gasteiger partial charge in [0.1, 0.15) is 11.8 Å². The number of hydrogen-bond acceptors (Lipinski definition) is 5. The van der Waals surface area contributed by atoms with Crippen LogP contribution in [0.15, 0.2) is 66.7 Å². The fourth-order valence-electron chi connectivity index (χ4n) is 3.98. The average Bonchev–Trinajstić information content (AvgIpc) is 2.91. The maximum absolute atomic E-state index is 12.7. The molecule has 0 radical (unpaired) electrons. The van der Waals surface area contributed by atoms with E-state index >= 15 is 0 Å². The normalized spacial score (nSPS) is 11.3. The van der Waals surface area contributed by atoms with Gasteiger partial charge in [0.05, 0.1) is 13.0 Å². The lowest BCUT2D eigenvalue weighted by molar-refractivity contribution is -0.146. The van der Waals surface area contributed by atoms with Crippen LogP contribution in [-0.4, -0.2) is 24.6 Å². The zero-order valence-corrected chi connectivity index (χ0v) is 22.9. The van der Waals surface area contributed by atoms with E-state index in [1.54, 1.807) is 42.5 Å². The Labute approximate surface area is 239 Å². The Morgan fingerprint density at radius 1 is 0.872 bits per heavy atom. The van der Waals surface area contributed by atoms with E-state index in [2.05, 4.69) is 11.8 Å². The summed E-state index contributed by atoms with van der Waals surface area (Å²) >= 11 is 12.7. The van der Waals surface area contributed by atoms with Crippen molar-refractivity contribution >= 4 is 35.1 Å². The second-order valence-electron chi connectivity index (χ2n) is 9.06. The van der Waals surface area contributed by atoms with Crippen molar-refractivity contribution in [2.24, 2.45) is 11.7 Å². The molecule has 0 aliphatic rings. The first-order valence-electron chi connectivity index (χ1n) is 12.4. The van der Waals surface area contributed by atoms with Crippen LogP contribution in [-0.2, 0) is 33.6 Å². The summed E-state index contributed by atoms with van der Waals surface area (Å²) in [6.45, 7) is 0.129. The number of benzene rings is 3. The minimum atomic E-state index is -0.848. The van der Waals surface area contributed by atoms with Crippen LogP contribution in [0.4, 0.5) is 0 Å². The van der Waals surface area contributed by atoms with Crippen molar-refractivity contribution in [3.05, 3.63) is 99.0 Å². The Balaban J connectivity index is 1.54. The number of ether oxygens (including phenoxy) is 2.